The molecule has 0 bridgehead atoms. The van der Waals surface area contributed by atoms with Crippen molar-refractivity contribution in [1.29, 1.82) is 0 Å². The summed E-state index contributed by atoms with van der Waals surface area (Å²) in [5.41, 5.74) is 1.78. The number of urea groups is 1. The number of carbonyl (C=O) groups excluding carboxylic acids is 3. The van der Waals surface area contributed by atoms with E-state index in [4.69, 9.17) is 4.74 Å². The molecular weight excluding hydrogens is 480 g/mol. The monoisotopic (exact) mass is 516 g/mol. The third kappa shape index (κ3) is 5.59. The first kappa shape index (κ1) is 27.0. The summed E-state index contributed by atoms with van der Waals surface area (Å²) in [6, 6.07) is 15.1. The summed E-state index contributed by atoms with van der Waals surface area (Å²) in [5.74, 6) is 0.994. The highest BCUT2D eigenvalue weighted by Crippen LogP contribution is 2.39. The summed E-state index contributed by atoms with van der Waals surface area (Å²) in [4.78, 5) is 43.5. The Labute approximate surface area is 224 Å². The number of carbonyl (C=O) groups is 3. The van der Waals surface area contributed by atoms with E-state index < -0.39 is 12.1 Å². The van der Waals surface area contributed by atoms with E-state index in [2.05, 4.69) is 17.2 Å². The third-order valence-corrected chi connectivity index (χ3v) is 6.65. The number of amides is 4. The molecule has 2 aromatic carbocycles. The van der Waals surface area contributed by atoms with Gasteiger partial charge in [0.1, 0.15) is 17.5 Å². The molecule has 2 aliphatic rings. The van der Waals surface area contributed by atoms with Gasteiger partial charge in [-0.15, -0.1) is 6.58 Å². The van der Waals surface area contributed by atoms with E-state index in [9.17, 15) is 14.4 Å². The van der Waals surface area contributed by atoms with Gasteiger partial charge in [0.05, 0.1) is 23.9 Å². The number of rotatable bonds is 10. The third-order valence-electron chi connectivity index (χ3n) is 6.65. The second-order valence-electron chi connectivity index (χ2n) is 10.4. The Morgan fingerprint density at radius 2 is 1.82 bits per heavy atom. The van der Waals surface area contributed by atoms with E-state index in [1.54, 1.807) is 11.0 Å². The Kier molecular flexibility index (Phi) is 8.20. The highest BCUT2D eigenvalue weighted by atomic mass is 16.5. The predicted octanol–water partition coefficient (Wildman–Crippen LogP) is 4.62. The molecule has 0 spiro atoms. The van der Waals surface area contributed by atoms with Crippen LogP contribution in [-0.4, -0.2) is 53.3 Å². The second-order valence-corrected chi connectivity index (χ2v) is 10.4. The number of benzene rings is 2. The molecule has 200 valence electrons. The maximum Gasteiger partial charge on any atom is 0.322 e. The van der Waals surface area contributed by atoms with E-state index in [1.165, 1.54) is 4.90 Å². The Hall–Kier alpha value is -4.07. The molecule has 8 heteroatoms. The summed E-state index contributed by atoms with van der Waals surface area (Å²) in [5, 5.41) is 5.98. The van der Waals surface area contributed by atoms with Crippen molar-refractivity contribution in [3.8, 4) is 11.5 Å². The van der Waals surface area contributed by atoms with Crippen molar-refractivity contribution in [1.82, 2.24) is 20.4 Å². The van der Waals surface area contributed by atoms with Crippen molar-refractivity contribution in [2.24, 2.45) is 11.8 Å². The maximum atomic E-state index is 14.0. The molecule has 0 aromatic heterocycles. The van der Waals surface area contributed by atoms with Crippen LogP contribution in [0.1, 0.15) is 39.3 Å². The Bertz CT molecular complexity index is 1240. The highest BCUT2D eigenvalue weighted by Gasteiger charge is 2.47. The lowest BCUT2D eigenvalue weighted by Gasteiger charge is -2.33. The summed E-state index contributed by atoms with van der Waals surface area (Å²) < 4.78 is 6.00. The quantitative estimate of drug-likeness (QED) is 0.451. The van der Waals surface area contributed by atoms with Gasteiger partial charge in [-0.3, -0.25) is 14.5 Å². The molecular formula is C30H36N4O4. The Balaban J connectivity index is 1.69. The summed E-state index contributed by atoms with van der Waals surface area (Å²) in [7, 11) is 0. The molecule has 0 saturated heterocycles. The van der Waals surface area contributed by atoms with Crippen molar-refractivity contribution in [2.45, 2.75) is 39.8 Å². The fraction of sp³-hybridized carbons (Fsp3) is 0.367. The number of hydrogen-bond acceptors (Lipinski definition) is 4. The van der Waals surface area contributed by atoms with Crippen molar-refractivity contribution >= 4 is 17.8 Å². The lowest BCUT2D eigenvalue weighted by molar-refractivity contribution is -0.138. The molecule has 0 radical (unpaired) electrons. The van der Waals surface area contributed by atoms with Crippen LogP contribution >= 0.6 is 0 Å². The van der Waals surface area contributed by atoms with Crippen LogP contribution in [0.2, 0.25) is 0 Å². The van der Waals surface area contributed by atoms with Crippen LogP contribution in [0.15, 0.2) is 78.5 Å². The van der Waals surface area contributed by atoms with Crippen molar-refractivity contribution in [2.75, 3.05) is 19.6 Å². The molecule has 2 atom stereocenters. The first-order valence-corrected chi connectivity index (χ1v) is 13.0. The number of ether oxygens (including phenoxy) is 1. The van der Waals surface area contributed by atoms with Crippen LogP contribution in [0.3, 0.4) is 0 Å². The molecule has 2 aromatic rings. The van der Waals surface area contributed by atoms with Crippen LogP contribution in [0.5, 0.6) is 11.5 Å². The number of nitrogens with zero attached hydrogens (tertiary/aromatic N) is 2. The molecule has 4 amide bonds. The number of nitrogens with one attached hydrogen (secondary N) is 2. The van der Waals surface area contributed by atoms with Gasteiger partial charge in [-0.2, -0.15) is 0 Å². The number of para-hydroxylation sites is 1. The fourth-order valence-corrected chi connectivity index (χ4v) is 4.91. The van der Waals surface area contributed by atoms with Crippen LogP contribution < -0.4 is 15.4 Å². The number of hydrogen-bond donors (Lipinski definition) is 2. The maximum absolute atomic E-state index is 14.0. The van der Waals surface area contributed by atoms with E-state index in [1.807, 2.05) is 82.3 Å². The van der Waals surface area contributed by atoms with E-state index in [0.29, 0.717) is 29.3 Å². The second kappa shape index (κ2) is 11.5. The van der Waals surface area contributed by atoms with Crippen molar-refractivity contribution in [3.05, 3.63) is 84.1 Å². The summed E-state index contributed by atoms with van der Waals surface area (Å²) in [6.45, 7) is 12.6. The van der Waals surface area contributed by atoms with Crippen LogP contribution in [0.25, 0.3) is 0 Å². The van der Waals surface area contributed by atoms with Gasteiger partial charge in [-0.25, -0.2) is 4.79 Å². The zero-order chi connectivity index (χ0) is 27.4. The molecule has 38 heavy (non-hydrogen) atoms. The first-order valence-electron chi connectivity index (χ1n) is 13.0. The summed E-state index contributed by atoms with van der Waals surface area (Å²) >= 11 is 0. The average Bonchev–Trinajstić information content (AvgIpc) is 3.21. The average molecular weight is 517 g/mol. The standard InChI is InChI=1S/C30H36N4O4/c1-6-15-33-24-18-34(27(20(4)5)28(35)31-17-19(2)3)29(36)25(24)26(32-30(33)37)21-11-10-14-23(16-21)38-22-12-8-7-9-13-22/h6-14,16,19-20,26-27H,1,15,17-18H2,2-5H3,(H,31,35)(H,32,37)/t26-,27-/m0/s1. The molecule has 2 heterocycles. The van der Waals surface area contributed by atoms with Crippen LogP contribution in [0.4, 0.5) is 4.79 Å². The topological polar surface area (TPSA) is 91.0 Å². The lowest BCUT2D eigenvalue weighted by Crippen LogP contribution is -2.52. The molecule has 0 aliphatic carbocycles. The smallest absolute Gasteiger partial charge is 0.322 e. The fourth-order valence-electron chi connectivity index (χ4n) is 4.91. The Morgan fingerprint density at radius 1 is 1.11 bits per heavy atom. The predicted molar refractivity (Wildman–Crippen MR) is 146 cm³/mol. The SMILES string of the molecule is C=CCN1C(=O)N[C@@H](c2cccc(Oc3ccccc3)c2)C2=C1CN([C@H](C(=O)NCC(C)C)C(C)C)C2=O. The molecule has 0 fully saturated rings. The zero-order valence-corrected chi connectivity index (χ0v) is 22.4. The first-order chi connectivity index (χ1) is 18.2. The van der Waals surface area contributed by atoms with Crippen molar-refractivity contribution in [3.63, 3.8) is 0 Å². The minimum atomic E-state index is -0.679. The van der Waals surface area contributed by atoms with E-state index in [-0.39, 0.29) is 42.8 Å². The lowest BCUT2D eigenvalue weighted by atomic mass is 9.95. The normalized spacial score (nSPS) is 18.0. The molecule has 4 rings (SSSR count). The summed E-state index contributed by atoms with van der Waals surface area (Å²) in [6.07, 6.45) is 1.63. The molecule has 2 N–H and O–H groups in total. The highest BCUT2D eigenvalue weighted by molar-refractivity contribution is 6.03. The largest absolute Gasteiger partial charge is 0.457 e. The van der Waals surface area contributed by atoms with Gasteiger partial charge >= 0.3 is 6.03 Å². The van der Waals surface area contributed by atoms with Gasteiger partial charge in [-0.1, -0.05) is 64.1 Å². The van der Waals surface area contributed by atoms with E-state index in [0.717, 1.165) is 5.56 Å². The van der Waals surface area contributed by atoms with Gasteiger partial charge in [0.2, 0.25) is 5.91 Å². The van der Waals surface area contributed by atoms with Gasteiger partial charge in [0.15, 0.2) is 0 Å². The minimum Gasteiger partial charge on any atom is -0.457 e. The zero-order valence-electron chi connectivity index (χ0n) is 22.4. The van der Waals surface area contributed by atoms with Crippen LogP contribution in [-0.2, 0) is 9.59 Å². The van der Waals surface area contributed by atoms with Gasteiger partial charge < -0.3 is 20.3 Å². The molecule has 8 nitrogen and oxygen atoms in total. The molecule has 2 aliphatic heterocycles. The van der Waals surface area contributed by atoms with Crippen LogP contribution in [0, 0.1) is 11.8 Å². The van der Waals surface area contributed by atoms with E-state index >= 15 is 0 Å². The molecule has 0 unspecified atom stereocenters. The molecule has 0 saturated carbocycles. The Morgan fingerprint density at radius 3 is 2.47 bits per heavy atom. The van der Waals surface area contributed by atoms with Gasteiger partial charge in [-0.05, 0) is 41.7 Å². The van der Waals surface area contributed by atoms with Gasteiger partial charge in [0, 0.05) is 13.1 Å². The van der Waals surface area contributed by atoms with Crippen molar-refractivity contribution < 1.29 is 19.1 Å². The minimum absolute atomic E-state index is 0.120. The van der Waals surface area contributed by atoms with Gasteiger partial charge in [0.25, 0.3) is 5.91 Å².